The number of piperidine rings is 1. The summed E-state index contributed by atoms with van der Waals surface area (Å²) in [5, 5.41) is 0. The molecule has 0 radical (unpaired) electrons. The van der Waals surface area contributed by atoms with Gasteiger partial charge in [-0.25, -0.2) is 0 Å². The van der Waals surface area contributed by atoms with Crippen LogP contribution < -0.4 is 5.73 Å². The minimum Gasteiger partial charge on any atom is -0.334 e. The topological polar surface area (TPSA) is 46.3 Å². The number of benzene rings is 1. The van der Waals surface area contributed by atoms with Gasteiger partial charge >= 0.3 is 0 Å². The minimum absolute atomic E-state index is 0. The molecular formula is C16H25ClN2OS. The van der Waals surface area contributed by atoms with E-state index in [-0.39, 0.29) is 24.4 Å². The normalized spacial score (nSPS) is 21.8. The van der Waals surface area contributed by atoms with Crippen molar-refractivity contribution in [1.82, 2.24) is 4.90 Å². The Morgan fingerprint density at radius 1 is 1.38 bits per heavy atom. The second-order valence-electron chi connectivity index (χ2n) is 5.65. The highest BCUT2D eigenvalue weighted by Gasteiger charge is 2.29. The number of halogens is 1. The zero-order chi connectivity index (χ0) is 14.5. The number of carbonyl (C=O) groups excluding carboxylic acids is 1. The number of carbonyl (C=O) groups is 1. The number of amides is 1. The van der Waals surface area contributed by atoms with E-state index in [1.165, 1.54) is 5.56 Å². The molecule has 1 aromatic rings. The Bertz CT molecular complexity index is 452. The summed E-state index contributed by atoms with van der Waals surface area (Å²) in [6.45, 7) is 3.62. The molecule has 0 aliphatic carbocycles. The summed E-state index contributed by atoms with van der Waals surface area (Å²) in [5.74, 6) is 1.78. The van der Waals surface area contributed by atoms with Crippen LogP contribution in [0.2, 0.25) is 0 Å². The molecule has 1 aliphatic heterocycles. The molecule has 0 saturated carbocycles. The maximum Gasteiger partial charge on any atom is 0.254 e. The fourth-order valence-corrected chi connectivity index (χ4v) is 3.34. The third-order valence-corrected chi connectivity index (χ3v) is 4.64. The number of hydrogen-bond acceptors (Lipinski definition) is 3. The van der Waals surface area contributed by atoms with Crippen molar-refractivity contribution in [2.75, 3.05) is 19.3 Å². The van der Waals surface area contributed by atoms with Gasteiger partial charge in [-0.1, -0.05) is 19.1 Å². The van der Waals surface area contributed by atoms with Crippen molar-refractivity contribution in [3.8, 4) is 0 Å². The maximum atomic E-state index is 12.6. The summed E-state index contributed by atoms with van der Waals surface area (Å²) in [4.78, 5) is 14.6. The van der Waals surface area contributed by atoms with Gasteiger partial charge in [-0.15, -0.1) is 12.4 Å². The van der Waals surface area contributed by atoms with Crippen LogP contribution in [0.4, 0.5) is 0 Å². The Hall–Kier alpha value is -0.710. The van der Waals surface area contributed by atoms with Crippen LogP contribution >= 0.6 is 24.2 Å². The average Bonchev–Trinajstić information content (AvgIpc) is 2.47. The fraction of sp³-hybridized carbons (Fsp3) is 0.562. The van der Waals surface area contributed by atoms with E-state index in [0.29, 0.717) is 12.5 Å². The van der Waals surface area contributed by atoms with Gasteiger partial charge in [0.25, 0.3) is 5.91 Å². The molecule has 118 valence electrons. The summed E-state index contributed by atoms with van der Waals surface area (Å²) < 4.78 is 0. The molecule has 1 fully saturated rings. The van der Waals surface area contributed by atoms with Gasteiger partial charge in [0.15, 0.2) is 0 Å². The zero-order valence-corrected chi connectivity index (χ0v) is 14.4. The van der Waals surface area contributed by atoms with E-state index in [1.54, 1.807) is 11.8 Å². The van der Waals surface area contributed by atoms with E-state index in [1.807, 2.05) is 29.2 Å². The van der Waals surface area contributed by atoms with Gasteiger partial charge in [-0.05, 0) is 42.7 Å². The number of nitrogens with two attached hydrogens (primary N) is 1. The van der Waals surface area contributed by atoms with Gasteiger partial charge in [-0.3, -0.25) is 4.79 Å². The summed E-state index contributed by atoms with van der Waals surface area (Å²) in [5.41, 5.74) is 7.88. The third kappa shape index (κ3) is 4.63. The molecule has 0 spiro atoms. The van der Waals surface area contributed by atoms with Crippen molar-refractivity contribution in [2.24, 2.45) is 11.7 Å². The van der Waals surface area contributed by atoms with E-state index in [9.17, 15) is 4.79 Å². The van der Waals surface area contributed by atoms with Crippen molar-refractivity contribution < 1.29 is 4.79 Å². The van der Waals surface area contributed by atoms with Gasteiger partial charge in [0, 0.05) is 30.4 Å². The molecule has 1 aliphatic rings. The smallest absolute Gasteiger partial charge is 0.254 e. The van der Waals surface area contributed by atoms with Crippen LogP contribution in [0.3, 0.4) is 0 Å². The predicted molar refractivity (Wildman–Crippen MR) is 93.2 cm³/mol. The van der Waals surface area contributed by atoms with Crippen LogP contribution in [0.1, 0.15) is 35.7 Å². The lowest BCUT2D eigenvalue weighted by molar-refractivity contribution is 0.0573. The SMILES string of the molecule is CSCc1ccc(C(=O)N2CCC(C)CC2CN)cc1.Cl. The molecule has 1 amide bonds. The van der Waals surface area contributed by atoms with Crippen molar-refractivity contribution >= 4 is 30.1 Å². The second kappa shape index (κ2) is 8.66. The summed E-state index contributed by atoms with van der Waals surface area (Å²) >= 11 is 1.79. The van der Waals surface area contributed by atoms with Gasteiger partial charge in [0.1, 0.15) is 0 Å². The van der Waals surface area contributed by atoms with E-state index in [0.717, 1.165) is 30.7 Å². The molecule has 1 aromatic carbocycles. The molecule has 0 bridgehead atoms. The Morgan fingerprint density at radius 2 is 2.05 bits per heavy atom. The van der Waals surface area contributed by atoms with Crippen molar-refractivity contribution in [2.45, 2.75) is 31.6 Å². The first-order valence-corrected chi connectivity index (χ1v) is 8.64. The van der Waals surface area contributed by atoms with Crippen LogP contribution in [0.5, 0.6) is 0 Å². The Balaban J connectivity index is 0.00000220. The molecule has 3 nitrogen and oxygen atoms in total. The first kappa shape index (κ1) is 18.3. The van der Waals surface area contributed by atoms with Crippen molar-refractivity contribution in [1.29, 1.82) is 0 Å². The standard InChI is InChI=1S/C16H24N2OS.ClH/c1-12-7-8-18(15(9-12)10-17)16(19)14-5-3-13(4-6-14)11-20-2;/h3-6,12,15H,7-11,17H2,1-2H3;1H. The lowest BCUT2D eigenvalue weighted by Crippen LogP contribution is -2.49. The molecule has 2 N–H and O–H groups in total. The number of thioether (sulfide) groups is 1. The predicted octanol–water partition coefficient (Wildman–Crippen LogP) is 3.17. The minimum atomic E-state index is 0. The van der Waals surface area contributed by atoms with E-state index in [4.69, 9.17) is 5.73 Å². The fourth-order valence-electron chi connectivity index (χ4n) is 2.82. The molecule has 2 rings (SSSR count). The highest BCUT2D eigenvalue weighted by Crippen LogP contribution is 2.24. The van der Waals surface area contributed by atoms with E-state index < -0.39 is 0 Å². The van der Waals surface area contributed by atoms with Gasteiger partial charge < -0.3 is 10.6 Å². The summed E-state index contributed by atoms with van der Waals surface area (Å²) in [6, 6.07) is 8.18. The van der Waals surface area contributed by atoms with Crippen LogP contribution in [-0.2, 0) is 5.75 Å². The summed E-state index contributed by atoms with van der Waals surface area (Å²) in [6.07, 6.45) is 4.18. The molecule has 21 heavy (non-hydrogen) atoms. The first-order valence-electron chi connectivity index (χ1n) is 7.24. The second-order valence-corrected chi connectivity index (χ2v) is 6.51. The highest BCUT2D eigenvalue weighted by atomic mass is 35.5. The molecule has 0 aromatic heterocycles. The summed E-state index contributed by atoms with van der Waals surface area (Å²) in [7, 11) is 0. The van der Waals surface area contributed by atoms with Gasteiger partial charge in [0.05, 0.1) is 0 Å². The number of hydrogen-bond donors (Lipinski definition) is 1. The molecule has 5 heteroatoms. The third-order valence-electron chi connectivity index (χ3n) is 4.02. The zero-order valence-electron chi connectivity index (χ0n) is 12.7. The molecule has 1 heterocycles. The first-order chi connectivity index (χ1) is 9.65. The molecule has 1 saturated heterocycles. The number of rotatable bonds is 4. The van der Waals surface area contributed by atoms with Crippen LogP contribution in [0.15, 0.2) is 24.3 Å². The maximum absolute atomic E-state index is 12.6. The lowest BCUT2D eigenvalue weighted by Gasteiger charge is -2.38. The molecule has 2 unspecified atom stereocenters. The number of nitrogens with zero attached hydrogens (tertiary/aromatic N) is 1. The Labute approximate surface area is 138 Å². The quantitative estimate of drug-likeness (QED) is 0.923. The Morgan fingerprint density at radius 3 is 2.62 bits per heavy atom. The van der Waals surface area contributed by atoms with E-state index >= 15 is 0 Å². The highest BCUT2D eigenvalue weighted by molar-refractivity contribution is 7.97. The van der Waals surface area contributed by atoms with Crippen molar-refractivity contribution in [3.63, 3.8) is 0 Å². The van der Waals surface area contributed by atoms with Crippen molar-refractivity contribution in [3.05, 3.63) is 35.4 Å². The van der Waals surface area contributed by atoms with Crippen LogP contribution in [0.25, 0.3) is 0 Å². The van der Waals surface area contributed by atoms with Crippen LogP contribution in [-0.4, -0.2) is 36.2 Å². The largest absolute Gasteiger partial charge is 0.334 e. The average molecular weight is 329 g/mol. The van der Waals surface area contributed by atoms with Gasteiger partial charge in [-0.2, -0.15) is 11.8 Å². The monoisotopic (exact) mass is 328 g/mol. The van der Waals surface area contributed by atoms with Crippen LogP contribution in [0, 0.1) is 5.92 Å². The Kier molecular flexibility index (Phi) is 7.57. The molecule has 2 atom stereocenters. The molecular weight excluding hydrogens is 304 g/mol. The van der Waals surface area contributed by atoms with Gasteiger partial charge in [0.2, 0.25) is 0 Å². The van der Waals surface area contributed by atoms with E-state index in [2.05, 4.69) is 13.2 Å². The number of likely N-dealkylation sites (tertiary alicyclic amines) is 1. The lowest BCUT2D eigenvalue weighted by atomic mass is 9.92.